The number of rotatable bonds is 7. The molecule has 26 heavy (non-hydrogen) atoms. The van der Waals surface area contributed by atoms with Crippen LogP contribution in [0, 0.1) is 13.8 Å². The maximum absolute atomic E-state index is 12.3. The Morgan fingerprint density at radius 2 is 2.31 bits per heavy atom. The van der Waals surface area contributed by atoms with Crippen LogP contribution in [0.5, 0.6) is 0 Å². The Balaban J connectivity index is 1.51. The van der Waals surface area contributed by atoms with Crippen molar-refractivity contribution in [3.05, 3.63) is 38.0 Å². The number of nitrogens with zero attached hydrogens (tertiary/aromatic N) is 2. The molecule has 3 rings (SSSR count). The smallest absolute Gasteiger partial charge is 0.237 e. The molecule has 0 aliphatic carbocycles. The van der Waals surface area contributed by atoms with Crippen molar-refractivity contribution in [3.63, 3.8) is 0 Å². The lowest BCUT2D eigenvalue weighted by Crippen LogP contribution is -2.56. The minimum absolute atomic E-state index is 0.0610. The van der Waals surface area contributed by atoms with Gasteiger partial charge in [0.2, 0.25) is 11.8 Å². The maximum atomic E-state index is 12.3. The number of carbonyl (C=O) groups is 2. The number of aromatic nitrogens is 1. The van der Waals surface area contributed by atoms with Crippen molar-refractivity contribution in [2.45, 2.75) is 39.3 Å². The summed E-state index contributed by atoms with van der Waals surface area (Å²) >= 11 is 3.34. The molecule has 140 valence electrons. The number of amides is 2. The van der Waals surface area contributed by atoms with Gasteiger partial charge in [-0.05, 0) is 25.3 Å². The summed E-state index contributed by atoms with van der Waals surface area (Å²) in [4.78, 5) is 33.6. The third kappa shape index (κ3) is 4.90. The summed E-state index contributed by atoms with van der Waals surface area (Å²) in [5, 5.41) is 8.87. The first kappa shape index (κ1) is 19.0. The number of aryl methyl sites for hydroxylation is 2. The Kier molecular flexibility index (Phi) is 6.39. The van der Waals surface area contributed by atoms with E-state index >= 15 is 0 Å². The van der Waals surface area contributed by atoms with E-state index in [9.17, 15) is 9.59 Å². The van der Waals surface area contributed by atoms with Crippen LogP contribution in [0.15, 0.2) is 17.5 Å². The average molecular weight is 393 g/mol. The molecule has 0 bridgehead atoms. The van der Waals surface area contributed by atoms with E-state index in [0.717, 1.165) is 23.7 Å². The minimum atomic E-state index is -0.407. The number of thiophene rings is 1. The van der Waals surface area contributed by atoms with Crippen LogP contribution < -0.4 is 10.6 Å². The highest BCUT2D eigenvalue weighted by molar-refractivity contribution is 7.11. The first-order valence-electron chi connectivity index (χ1n) is 8.76. The molecule has 2 aromatic rings. The Hall–Kier alpha value is -1.77. The zero-order valence-electron chi connectivity index (χ0n) is 15.1. The normalized spacial score (nSPS) is 17.9. The number of nitrogens with one attached hydrogen (secondary N) is 2. The molecule has 2 N–H and O–H groups in total. The van der Waals surface area contributed by atoms with Gasteiger partial charge in [0.15, 0.2) is 0 Å². The monoisotopic (exact) mass is 392 g/mol. The van der Waals surface area contributed by atoms with Gasteiger partial charge in [-0.2, -0.15) is 0 Å². The van der Waals surface area contributed by atoms with E-state index in [1.165, 1.54) is 9.75 Å². The molecule has 2 amide bonds. The van der Waals surface area contributed by atoms with Crippen molar-refractivity contribution >= 4 is 34.5 Å². The topological polar surface area (TPSA) is 74.3 Å². The molecule has 0 radical (unpaired) electrons. The summed E-state index contributed by atoms with van der Waals surface area (Å²) in [5.41, 5.74) is 1.06. The highest BCUT2D eigenvalue weighted by Crippen LogP contribution is 2.18. The molecule has 1 fully saturated rings. The van der Waals surface area contributed by atoms with Crippen molar-refractivity contribution < 1.29 is 9.59 Å². The molecule has 1 saturated heterocycles. The van der Waals surface area contributed by atoms with Crippen molar-refractivity contribution in [3.8, 4) is 0 Å². The van der Waals surface area contributed by atoms with E-state index in [1.807, 2.05) is 18.4 Å². The predicted octanol–water partition coefficient (Wildman–Crippen LogP) is 1.87. The van der Waals surface area contributed by atoms with E-state index in [-0.39, 0.29) is 18.2 Å². The average Bonchev–Trinajstić information content (AvgIpc) is 3.21. The second kappa shape index (κ2) is 8.75. The van der Waals surface area contributed by atoms with Crippen molar-refractivity contribution in [2.24, 2.45) is 0 Å². The quantitative estimate of drug-likeness (QED) is 0.754. The van der Waals surface area contributed by atoms with Gasteiger partial charge in [-0.25, -0.2) is 4.98 Å². The van der Waals surface area contributed by atoms with Crippen LogP contribution in [0.3, 0.4) is 0 Å². The zero-order valence-corrected chi connectivity index (χ0v) is 16.7. The van der Waals surface area contributed by atoms with Gasteiger partial charge in [-0.1, -0.05) is 6.07 Å². The summed E-state index contributed by atoms with van der Waals surface area (Å²) in [5.74, 6) is -0.151. The highest BCUT2D eigenvalue weighted by atomic mass is 32.1. The second-order valence-corrected chi connectivity index (χ2v) is 8.73. The van der Waals surface area contributed by atoms with Crippen LogP contribution in [0.25, 0.3) is 0 Å². The molecule has 6 nitrogen and oxygen atoms in total. The third-order valence-electron chi connectivity index (χ3n) is 4.49. The molecule has 3 heterocycles. The molecular formula is C18H24N4O2S2. The molecule has 1 aliphatic rings. The van der Waals surface area contributed by atoms with Gasteiger partial charge < -0.3 is 10.6 Å². The number of hydrogen-bond acceptors (Lipinski definition) is 6. The van der Waals surface area contributed by atoms with Crippen LogP contribution in [0.4, 0.5) is 0 Å². The third-order valence-corrected chi connectivity index (χ3v) is 6.49. The fourth-order valence-electron chi connectivity index (χ4n) is 2.98. The SMILES string of the molecule is Cc1nc(CCNC(=O)C[C@H]2C(=O)NCCN2Cc2cccs2)sc1C. The van der Waals surface area contributed by atoms with Crippen molar-refractivity contribution in [1.29, 1.82) is 0 Å². The summed E-state index contributed by atoms with van der Waals surface area (Å²) in [7, 11) is 0. The summed E-state index contributed by atoms with van der Waals surface area (Å²) in [6.07, 6.45) is 0.911. The first-order chi connectivity index (χ1) is 12.5. The van der Waals surface area contributed by atoms with Gasteiger partial charge in [0.25, 0.3) is 0 Å². The molecule has 1 atom stereocenters. The molecule has 0 saturated carbocycles. The standard InChI is InChI=1S/C18H24N4O2S2/c1-12-13(2)26-17(21-12)5-6-19-16(23)10-15-18(24)20-7-8-22(15)11-14-4-3-9-25-14/h3-4,9,15H,5-8,10-11H2,1-2H3,(H,19,23)(H,20,24)/t15-/m0/s1. The van der Waals surface area contributed by atoms with Gasteiger partial charge in [0, 0.05) is 42.4 Å². The van der Waals surface area contributed by atoms with Gasteiger partial charge in [0.05, 0.1) is 23.2 Å². The van der Waals surface area contributed by atoms with Gasteiger partial charge in [-0.15, -0.1) is 22.7 Å². The molecule has 8 heteroatoms. The van der Waals surface area contributed by atoms with E-state index in [4.69, 9.17) is 0 Å². The van der Waals surface area contributed by atoms with Crippen molar-refractivity contribution in [2.75, 3.05) is 19.6 Å². The molecule has 0 spiro atoms. The minimum Gasteiger partial charge on any atom is -0.356 e. The zero-order chi connectivity index (χ0) is 18.5. The van der Waals surface area contributed by atoms with Gasteiger partial charge >= 0.3 is 0 Å². The Morgan fingerprint density at radius 3 is 3.00 bits per heavy atom. The number of piperazine rings is 1. The number of hydrogen-bond donors (Lipinski definition) is 2. The Labute approximate surface area is 161 Å². The Bertz CT molecular complexity index is 738. The fourth-order valence-corrected chi connectivity index (χ4v) is 4.64. The summed E-state index contributed by atoms with van der Waals surface area (Å²) in [6, 6.07) is 3.66. The van der Waals surface area contributed by atoms with Crippen LogP contribution in [-0.2, 0) is 22.6 Å². The van der Waals surface area contributed by atoms with E-state index in [1.54, 1.807) is 22.7 Å². The molecular weight excluding hydrogens is 368 g/mol. The number of carbonyl (C=O) groups excluding carboxylic acids is 2. The molecule has 1 aliphatic heterocycles. The predicted molar refractivity (Wildman–Crippen MR) is 104 cm³/mol. The number of thiazole rings is 1. The van der Waals surface area contributed by atoms with Crippen LogP contribution in [0.2, 0.25) is 0 Å². The van der Waals surface area contributed by atoms with Crippen LogP contribution >= 0.6 is 22.7 Å². The highest BCUT2D eigenvalue weighted by Gasteiger charge is 2.31. The van der Waals surface area contributed by atoms with E-state index in [2.05, 4.69) is 33.5 Å². The summed E-state index contributed by atoms with van der Waals surface area (Å²) < 4.78 is 0. The Morgan fingerprint density at radius 1 is 1.46 bits per heavy atom. The maximum Gasteiger partial charge on any atom is 0.237 e. The van der Waals surface area contributed by atoms with Crippen LogP contribution in [-0.4, -0.2) is 47.4 Å². The molecule has 2 aromatic heterocycles. The second-order valence-electron chi connectivity index (χ2n) is 6.41. The van der Waals surface area contributed by atoms with E-state index < -0.39 is 6.04 Å². The molecule has 0 unspecified atom stereocenters. The fraction of sp³-hybridized carbons (Fsp3) is 0.500. The summed E-state index contributed by atoms with van der Waals surface area (Å²) in [6.45, 7) is 6.70. The molecule has 0 aromatic carbocycles. The van der Waals surface area contributed by atoms with Gasteiger partial charge in [-0.3, -0.25) is 14.5 Å². The lowest BCUT2D eigenvalue weighted by atomic mass is 10.1. The van der Waals surface area contributed by atoms with E-state index in [0.29, 0.717) is 19.6 Å². The van der Waals surface area contributed by atoms with Crippen molar-refractivity contribution in [1.82, 2.24) is 20.5 Å². The largest absolute Gasteiger partial charge is 0.356 e. The lowest BCUT2D eigenvalue weighted by molar-refractivity contribution is -0.134. The lowest BCUT2D eigenvalue weighted by Gasteiger charge is -2.34. The van der Waals surface area contributed by atoms with Gasteiger partial charge in [0.1, 0.15) is 0 Å². The van der Waals surface area contributed by atoms with Crippen LogP contribution in [0.1, 0.15) is 26.9 Å². The first-order valence-corrected chi connectivity index (χ1v) is 10.5.